The van der Waals surface area contributed by atoms with Crippen molar-refractivity contribution in [3.8, 4) is 22.6 Å². The third-order valence-electron chi connectivity index (χ3n) is 5.78. The number of carbonyl (C=O) groups is 1. The average Bonchev–Trinajstić information content (AvgIpc) is 2.84. The highest BCUT2D eigenvalue weighted by Gasteiger charge is 2.23. The largest absolute Gasteiger partial charge is 0.497 e. The van der Waals surface area contributed by atoms with E-state index >= 15 is 0 Å². The lowest BCUT2D eigenvalue weighted by atomic mass is 10.0. The molecule has 0 atom stereocenters. The number of benzene rings is 3. The Hall–Kier alpha value is -3.31. The summed E-state index contributed by atoms with van der Waals surface area (Å²) >= 11 is 0. The van der Waals surface area contributed by atoms with Crippen LogP contribution in [0.1, 0.15) is 15.9 Å². The van der Waals surface area contributed by atoms with Crippen molar-refractivity contribution in [3.63, 3.8) is 0 Å². The second-order valence-electron chi connectivity index (χ2n) is 7.69. The van der Waals surface area contributed by atoms with Gasteiger partial charge in [-0.05, 0) is 41.5 Å². The fourth-order valence-corrected chi connectivity index (χ4v) is 3.97. The number of nitrogens with zero attached hydrogens (tertiary/aromatic N) is 2. The van der Waals surface area contributed by atoms with E-state index in [4.69, 9.17) is 9.47 Å². The number of methoxy groups -OCH3 is 2. The van der Waals surface area contributed by atoms with E-state index in [9.17, 15) is 4.79 Å². The van der Waals surface area contributed by atoms with Crippen LogP contribution in [0.4, 0.5) is 0 Å². The van der Waals surface area contributed by atoms with Gasteiger partial charge in [-0.2, -0.15) is 0 Å². The molecule has 0 unspecified atom stereocenters. The number of rotatable bonds is 6. The molecule has 31 heavy (non-hydrogen) atoms. The summed E-state index contributed by atoms with van der Waals surface area (Å²) in [5.74, 6) is 1.78. The maximum absolute atomic E-state index is 13.0. The zero-order valence-electron chi connectivity index (χ0n) is 18.1. The molecule has 5 heteroatoms. The lowest BCUT2D eigenvalue weighted by molar-refractivity contribution is 0.0627. The summed E-state index contributed by atoms with van der Waals surface area (Å²) in [7, 11) is 3.35. The van der Waals surface area contributed by atoms with E-state index in [0.717, 1.165) is 53.4 Å². The molecule has 0 aliphatic carbocycles. The Morgan fingerprint density at radius 2 is 1.48 bits per heavy atom. The predicted molar refractivity (Wildman–Crippen MR) is 123 cm³/mol. The van der Waals surface area contributed by atoms with Gasteiger partial charge in [0.15, 0.2) is 0 Å². The van der Waals surface area contributed by atoms with Crippen LogP contribution in [0.2, 0.25) is 0 Å². The number of amides is 1. The third-order valence-corrected chi connectivity index (χ3v) is 5.78. The van der Waals surface area contributed by atoms with E-state index in [1.54, 1.807) is 14.2 Å². The van der Waals surface area contributed by atoms with Gasteiger partial charge in [-0.3, -0.25) is 9.69 Å². The van der Waals surface area contributed by atoms with Gasteiger partial charge in [-0.15, -0.1) is 0 Å². The first-order valence-electron chi connectivity index (χ1n) is 10.6. The molecule has 1 heterocycles. The van der Waals surface area contributed by atoms with E-state index in [-0.39, 0.29) is 5.91 Å². The van der Waals surface area contributed by atoms with Gasteiger partial charge in [0, 0.05) is 43.9 Å². The molecule has 0 radical (unpaired) electrons. The monoisotopic (exact) mass is 416 g/mol. The van der Waals surface area contributed by atoms with Crippen LogP contribution in [0.15, 0.2) is 72.8 Å². The fourth-order valence-electron chi connectivity index (χ4n) is 3.97. The van der Waals surface area contributed by atoms with E-state index in [1.807, 2.05) is 65.6 Å². The summed E-state index contributed by atoms with van der Waals surface area (Å²) < 4.78 is 10.8. The maximum Gasteiger partial charge on any atom is 0.253 e. The molecule has 160 valence electrons. The molecule has 1 aliphatic rings. The van der Waals surface area contributed by atoms with Crippen molar-refractivity contribution >= 4 is 5.91 Å². The van der Waals surface area contributed by atoms with Gasteiger partial charge in [0.2, 0.25) is 0 Å². The van der Waals surface area contributed by atoms with E-state index < -0.39 is 0 Å². The van der Waals surface area contributed by atoms with Gasteiger partial charge in [0.25, 0.3) is 5.91 Å². The maximum atomic E-state index is 13.0. The molecule has 3 aromatic rings. The summed E-state index contributed by atoms with van der Waals surface area (Å²) in [6, 6.07) is 24.0. The van der Waals surface area contributed by atoms with Crippen molar-refractivity contribution < 1.29 is 14.3 Å². The quantitative estimate of drug-likeness (QED) is 0.600. The first-order chi connectivity index (χ1) is 15.2. The molecule has 1 saturated heterocycles. The molecule has 0 bridgehead atoms. The second-order valence-corrected chi connectivity index (χ2v) is 7.69. The first-order valence-corrected chi connectivity index (χ1v) is 10.6. The highest BCUT2D eigenvalue weighted by molar-refractivity contribution is 5.94. The Labute approximate surface area is 183 Å². The molecule has 0 saturated carbocycles. The second kappa shape index (κ2) is 9.67. The van der Waals surface area contributed by atoms with Gasteiger partial charge < -0.3 is 14.4 Å². The molecular weight excluding hydrogens is 388 g/mol. The van der Waals surface area contributed by atoms with Crippen LogP contribution < -0.4 is 9.47 Å². The minimum Gasteiger partial charge on any atom is -0.497 e. The minimum atomic E-state index is 0.0956. The normalized spacial score (nSPS) is 14.3. The first kappa shape index (κ1) is 20.9. The summed E-state index contributed by atoms with van der Waals surface area (Å²) in [6.45, 7) is 3.85. The Kier molecular flexibility index (Phi) is 6.53. The Morgan fingerprint density at radius 1 is 0.806 bits per heavy atom. The smallest absolute Gasteiger partial charge is 0.253 e. The predicted octanol–water partition coefficient (Wildman–Crippen LogP) is 4.33. The number of carbonyl (C=O) groups excluding carboxylic acids is 1. The molecule has 0 aromatic heterocycles. The average molecular weight is 417 g/mol. The van der Waals surface area contributed by atoms with Crippen LogP contribution in [0.5, 0.6) is 11.5 Å². The molecule has 1 aliphatic heterocycles. The van der Waals surface area contributed by atoms with E-state index in [2.05, 4.69) is 17.0 Å². The van der Waals surface area contributed by atoms with Gasteiger partial charge in [0.1, 0.15) is 11.5 Å². The lowest BCUT2D eigenvalue weighted by Crippen LogP contribution is -2.48. The van der Waals surface area contributed by atoms with Crippen LogP contribution in [0.25, 0.3) is 11.1 Å². The fraction of sp³-hybridized carbons (Fsp3) is 0.269. The molecule has 4 rings (SSSR count). The van der Waals surface area contributed by atoms with Crippen LogP contribution in [-0.4, -0.2) is 56.1 Å². The van der Waals surface area contributed by atoms with E-state index in [0.29, 0.717) is 13.1 Å². The molecule has 0 spiro atoms. The number of hydrogen-bond acceptors (Lipinski definition) is 4. The molecule has 1 fully saturated rings. The summed E-state index contributed by atoms with van der Waals surface area (Å²) in [6.07, 6.45) is 0. The Bertz CT molecular complexity index is 1010. The van der Waals surface area contributed by atoms with Crippen molar-refractivity contribution in [2.75, 3.05) is 40.4 Å². The van der Waals surface area contributed by atoms with Gasteiger partial charge in [-0.1, -0.05) is 42.5 Å². The minimum absolute atomic E-state index is 0.0956. The summed E-state index contributed by atoms with van der Waals surface area (Å²) in [5.41, 5.74) is 4.11. The topological polar surface area (TPSA) is 42.0 Å². The molecule has 1 amide bonds. The van der Waals surface area contributed by atoms with Crippen LogP contribution >= 0.6 is 0 Å². The van der Waals surface area contributed by atoms with Crippen molar-refractivity contribution in [2.24, 2.45) is 0 Å². The van der Waals surface area contributed by atoms with Crippen molar-refractivity contribution in [1.82, 2.24) is 9.80 Å². The highest BCUT2D eigenvalue weighted by Crippen LogP contribution is 2.26. The molecule has 5 nitrogen and oxygen atoms in total. The summed E-state index contributed by atoms with van der Waals surface area (Å²) in [5, 5.41) is 0. The number of hydrogen-bond donors (Lipinski definition) is 0. The number of piperazine rings is 1. The SMILES string of the molecule is COc1ccc(OC)c(CN2CCN(C(=O)c3ccc(-c4ccccc4)cc3)CC2)c1. The lowest BCUT2D eigenvalue weighted by Gasteiger charge is -2.35. The van der Waals surface area contributed by atoms with Crippen LogP contribution in [-0.2, 0) is 6.54 Å². The standard InChI is InChI=1S/C26H28N2O3/c1-30-24-12-13-25(31-2)23(18-24)19-27-14-16-28(17-15-27)26(29)22-10-8-21(9-11-22)20-6-4-3-5-7-20/h3-13,18H,14-17,19H2,1-2H3. The molecule has 0 N–H and O–H groups in total. The summed E-state index contributed by atoms with van der Waals surface area (Å²) in [4.78, 5) is 17.3. The Morgan fingerprint density at radius 3 is 2.13 bits per heavy atom. The highest BCUT2D eigenvalue weighted by atomic mass is 16.5. The van der Waals surface area contributed by atoms with Gasteiger partial charge >= 0.3 is 0 Å². The van der Waals surface area contributed by atoms with Gasteiger partial charge in [0.05, 0.1) is 14.2 Å². The zero-order valence-corrected chi connectivity index (χ0v) is 18.1. The molecular formula is C26H28N2O3. The van der Waals surface area contributed by atoms with Crippen LogP contribution in [0, 0.1) is 0 Å². The van der Waals surface area contributed by atoms with Crippen LogP contribution in [0.3, 0.4) is 0 Å². The molecule has 3 aromatic carbocycles. The Balaban J connectivity index is 1.36. The van der Waals surface area contributed by atoms with Crippen molar-refractivity contribution in [2.45, 2.75) is 6.54 Å². The van der Waals surface area contributed by atoms with Crippen molar-refractivity contribution in [3.05, 3.63) is 83.9 Å². The van der Waals surface area contributed by atoms with Crippen molar-refractivity contribution in [1.29, 1.82) is 0 Å². The number of ether oxygens (including phenoxy) is 2. The van der Waals surface area contributed by atoms with Gasteiger partial charge in [-0.25, -0.2) is 0 Å². The zero-order chi connectivity index (χ0) is 21.6. The third kappa shape index (κ3) is 4.89. The van der Waals surface area contributed by atoms with E-state index in [1.165, 1.54) is 0 Å².